The highest BCUT2D eigenvalue weighted by molar-refractivity contribution is 5.73. The number of likely N-dealkylation sites (tertiary alicyclic amines) is 1. The van der Waals surface area contributed by atoms with Crippen LogP contribution in [-0.4, -0.2) is 42.6 Å². The molecule has 20 heavy (non-hydrogen) atoms. The van der Waals surface area contributed by atoms with E-state index >= 15 is 0 Å². The van der Waals surface area contributed by atoms with Gasteiger partial charge in [-0.3, -0.25) is 4.79 Å². The highest BCUT2D eigenvalue weighted by Gasteiger charge is 2.31. The second-order valence-corrected chi connectivity index (χ2v) is 6.85. The van der Waals surface area contributed by atoms with E-state index in [1.54, 1.807) is 13.8 Å². The molecule has 0 spiro atoms. The number of carbonyl (C=O) groups excluding carboxylic acids is 2. The van der Waals surface area contributed by atoms with Gasteiger partial charge < -0.3 is 15.0 Å². The van der Waals surface area contributed by atoms with Crippen LogP contribution in [0.2, 0.25) is 0 Å². The minimum absolute atomic E-state index is 0.0148. The first kappa shape index (κ1) is 16.8. The van der Waals surface area contributed by atoms with E-state index in [0.717, 1.165) is 19.4 Å². The van der Waals surface area contributed by atoms with Crippen molar-refractivity contribution in [3.63, 3.8) is 0 Å². The number of nitrogens with one attached hydrogen (secondary N) is 1. The first-order valence-corrected chi connectivity index (χ1v) is 7.40. The summed E-state index contributed by atoms with van der Waals surface area (Å²) in [6.07, 6.45) is 1.55. The van der Waals surface area contributed by atoms with Gasteiger partial charge in [0, 0.05) is 20.0 Å². The molecule has 0 bridgehead atoms. The van der Waals surface area contributed by atoms with E-state index in [0.29, 0.717) is 19.1 Å². The Kier molecular flexibility index (Phi) is 5.84. The molecule has 5 heteroatoms. The topological polar surface area (TPSA) is 58.6 Å². The fourth-order valence-electron chi connectivity index (χ4n) is 2.92. The summed E-state index contributed by atoms with van der Waals surface area (Å²) < 4.78 is 4.92. The maximum Gasteiger partial charge on any atom is 0.407 e. The van der Waals surface area contributed by atoms with Crippen molar-refractivity contribution in [2.45, 2.75) is 53.5 Å². The number of hydrogen-bond acceptors (Lipinski definition) is 3. The molecule has 0 aromatic carbocycles. The van der Waals surface area contributed by atoms with Gasteiger partial charge in [-0.2, -0.15) is 0 Å². The van der Waals surface area contributed by atoms with E-state index in [4.69, 9.17) is 4.74 Å². The summed E-state index contributed by atoms with van der Waals surface area (Å²) in [5.74, 6) is 0.485. The van der Waals surface area contributed by atoms with Gasteiger partial charge >= 0.3 is 6.09 Å². The van der Waals surface area contributed by atoms with Crippen LogP contribution < -0.4 is 5.32 Å². The maximum absolute atomic E-state index is 11.6. The van der Waals surface area contributed by atoms with Gasteiger partial charge in [0.05, 0.1) is 12.6 Å². The fraction of sp³-hybridized carbons (Fsp3) is 0.867. The van der Waals surface area contributed by atoms with Gasteiger partial charge in [0.2, 0.25) is 5.91 Å². The summed E-state index contributed by atoms with van der Waals surface area (Å²) in [5.41, 5.74) is 0.221. The monoisotopic (exact) mass is 284 g/mol. The zero-order valence-electron chi connectivity index (χ0n) is 13.4. The molecule has 0 aromatic heterocycles. The van der Waals surface area contributed by atoms with Crippen molar-refractivity contribution < 1.29 is 14.3 Å². The zero-order chi connectivity index (χ0) is 15.3. The normalized spacial score (nSPS) is 23.4. The lowest BCUT2D eigenvalue weighted by atomic mass is 9.80. The van der Waals surface area contributed by atoms with Crippen LogP contribution in [0, 0.1) is 11.3 Å². The first-order valence-electron chi connectivity index (χ1n) is 7.40. The molecule has 1 saturated heterocycles. The van der Waals surface area contributed by atoms with E-state index in [-0.39, 0.29) is 17.4 Å². The van der Waals surface area contributed by atoms with Gasteiger partial charge in [-0.15, -0.1) is 0 Å². The molecule has 0 radical (unpaired) electrons. The van der Waals surface area contributed by atoms with Gasteiger partial charge in [0.15, 0.2) is 0 Å². The molecule has 5 nitrogen and oxygen atoms in total. The van der Waals surface area contributed by atoms with E-state index in [9.17, 15) is 9.59 Å². The van der Waals surface area contributed by atoms with Crippen molar-refractivity contribution in [1.29, 1.82) is 0 Å². The first-order chi connectivity index (χ1) is 9.21. The second-order valence-electron chi connectivity index (χ2n) is 6.85. The molecule has 2 amide bonds. The third kappa shape index (κ3) is 5.80. The van der Waals surface area contributed by atoms with Crippen LogP contribution in [0.4, 0.5) is 4.79 Å². The highest BCUT2D eigenvalue weighted by atomic mass is 16.5. The Balaban J connectivity index is 2.65. The molecule has 116 valence electrons. The number of hydrogen-bond donors (Lipinski definition) is 1. The number of piperidine rings is 1. The van der Waals surface area contributed by atoms with Gasteiger partial charge in [0.1, 0.15) is 0 Å². The van der Waals surface area contributed by atoms with Crippen LogP contribution in [0.3, 0.4) is 0 Å². The predicted molar refractivity (Wildman–Crippen MR) is 78.4 cm³/mol. The smallest absolute Gasteiger partial charge is 0.407 e. The quantitative estimate of drug-likeness (QED) is 0.865. The molecule has 1 aliphatic rings. The number of rotatable bonds is 3. The van der Waals surface area contributed by atoms with Crippen LogP contribution in [0.25, 0.3) is 0 Å². The Morgan fingerprint density at radius 2 is 1.95 bits per heavy atom. The lowest BCUT2D eigenvalue weighted by Gasteiger charge is -2.39. The van der Waals surface area contributed by atoms with Crippen molar-refractivity contribution in [1.82, 2.24) is 10.2 Å². The molecule has 0 saturated carbocycles. The Labute approximate surface area is 122 Å². The van der Waals surface area contributed by atoms with E-state index in [1.165, 1.54) is 0 Å². The summed E-state index contributed by atoms with van der Waals surface area (Å²) in [4.78, 5) is 25.0. The molecule has 2 atom stereocenters. The Morgan fingerprint density at radius 1 is 1.30 bits per heavy atom. The Morgan fingerprint density at radius 3 is 2.45 bits per heavy atom. The lowest BCUT2D eigenvalue weighted by Crippen LogP contribution is -2.52. The second kappa shape index (κ2) is 6.95. The van der Waals surface area contributed by atoms with Crippen LogP contribution in [-0.2, 0) is 9.53 Å². The minimum atomic E-state index is -0.391. The summed E-state index contributed by atoms with van der Waals surface area (Å²) >= 11 is 0. The number of carbonyl (C=O) groups is 2. The van der Waals surface area contributed by atoms with Gasteiger partial charge in [-0.25, -0.2) is 4.79 Å². The molecular formula is C15H28N2O3. The number of alkyl carbamates (subject to hydrolysis) is 1. The minimum Gasteiger partial charge on any atom is -0.450 e. The molecule has 1 N–H and O–H groups in total. The van der Waals surface area contributed by atoms with Crippen LogP contribution >= 0.6 is 0 Å². The molecular weight excluding hydrogens is 256 g/mol. The lowest BCUT2D eigenvalue weighted by molar-refractivity contribution is -0.131. The molecule has 1 heterocycles. The highest BCUT2D eigenvalue weighted by Crippen LogP contribution is 2.30. The van der Waals surface area contributed by atoms with Crippen LogP contribution in [0.1, 0.15) is 47.5 Å². The molecule has 0 aromatic rings. The van der Waals surface area contributed by atoms with Gasteiger partial charge in [-0.05, 0) is 31.1 Å². The summed E-state index contributed by atoms with van der Waals surface area (Å²) in [6, 6.07) is -0.0148. The summed E-state index contributed by atoms with van der Waals surface area (Å²) in [5, 5.41) is 2.87. The van der Waals surface area contributed by atoms with Crippen molar-refractivity contribution in [2.24, 2.45) is 11.3 Å². The van der Waals surface area contributed by atoms with Crippen molar-refractivity contribution >= 4 is 12.0 Å². The molecule has 1 rings (SSSR count). The average Bonchev–Trinajstić information content (AvgIpc) is 2.26. The van der Waals surface area contributed by atoms with Crippen LogP contribution in [0.5, 0.6) is 0 Å². The number of ether oxygens (including phenoxy) is 1. The number of amides is 2. The van der Waals surface area contributed by atoms with E-state index in [2.05, 4.69) is 26.1 Å². The molecule has 1 aliphatic heterocycles. The Bertz CT molecular complexity index is 350. The molecule has 1 fully saturated rings. The predicted octanol–water partition coefficient (Wildman–Crippen LogP) is 2.41. The average molecular weight is 284 g/mol. The van der Waals surface area contributed by atoms with Crippen LogP contribution in [0.15, 0.2) is 0 Å². The van der Waals surface area contributed by atoms with E-state index < -0.39 is 6.09 Å². The van der Waals surface area contributed by atoms with Gasteiger partial charge in [0.25, 0.3) is 0 Å². The van der Waals surface area contributed by atoms with Gasteiger partial charge in [-0.1, -0.05) is 20.8 Å². The van der Waals surface area contributed by atoms with Crippen molar-refractivity contribution in [3.05, 3.63) is 0 Å². The maximum atomic E-state index is 11.6. The van der Waals surface area contributed by atoms with Crippen molar-refractivity contribution in [3.8, 4) is 0 Å². The zero-order valence-corrected chi connectivity index (χ0v) is 13.4. The summed E-state index contributed by atoms with van der Waals surface area (Å²) in [6.45, 7) is 11.7. The van der Waals surface area contributed by atoms with Crippen molar-refractivity contribution in [2.75, 3.05) is 19.7 Å². The fourth-order valence-corrected chi connectivity index (χ4v) is 2.92. The third-order valence-corrected chi connectivity index (χ3v) is 3.48. The SMILES string of the molecule is CCOC(=O)NC1CC(CC(C)(C)C)CN(C(C)=O)C1. The summed E-state index contributed by atoms with van der Waals surface area (Å²) in [7, 11) is 0. The Hall–Kier alpha value is -1.26. The molecule has 0 aliphatic carbocycles. The number of nitrogens with zero attached hydrogens (tertiary/aromatic N) is 1. The third-order valence-electron chi connectivity index (χ3n) is 3.48. The largest absolute Gasteiger partial charge is 0.450 e. The standard InChI is InChI=1S/C15H28N2O3/c1-6-20-14(19)16-13-7-12(8-15(3,4)5)9-17(10-13)11(2)18/h12-13H,6-10H2,1-5H3,(H,16,19). The molecule has 2 unspecified atom stereocenters. The van der Waals surface area contributed by atoms with E-state index in [1.807, 2.05) is 4.90 Å².